The molecule has 0 aliphatic carbocycles. The Bertz CT molecular complexity index is 414. The Kier molecular flexibility index (Phi) is 4.18. The Morgan fingerprint density at radius 1 is 1.39 bits per heavy atom. The Morgan fingerprint density at radius 2 is 2.06 bits per heavy atom. The monoisotopic (exact) mass is 250 g/mol. The van der Waals surface area contributed by atoms with Crippen molar-refractivity contribution < 1.29 is 9.18 Å². The lowest BCUT2D eigenvalue weighted by atomic mass is 10.00. The number of nitrogens with zero attached hydrogens (tertiary/aromatic N) is 1. The predicted molar refractivity (Wildman–Crippen MR) is 68.6 cm³/mol. The molecule has 0 bridgehead atoms. The highest BCUT2D eigenvalue weighted by atomic mass is 19.1. The number of nitrogens with one attached hydrogen (secondary N) is 1. The van der Waals surface area contributed by atoms with Crippen LogP contribution in [0.5, 0.6) is 0 Å². The Labute approximate surface area is 107 Å². The number of urea groups is 1. The molecule has 0 unspecified atom stereocenters. The molecule has 4 heteroatoms. The van der Waals surface area contributed by atoms with Crippen LogP contribution in [0.1, 0.15) is 25.3 Å². The fraction of sp³-hybridized carbons (Fsp3) is 0.500. The lowest BCUT2D eigenvalue weighted by molar-refractivity contribution is 0.173. The van der Waals surface area contributed by atoms with Crippen LogP contribution >= 0.6 is 0 Å². The van der Waals surface area contributed by atoms with Crippen molar-refractivity contribution in [2.24, 2.45) is 5.92 Å². The van der Waals surface area contributed by atoms with E-state index in [2.05, 4.69) is 12.2 Å². The zero-order valence-electron chi connectivity index (χ0n) is 10.7. The van der Waals surface area contributed by atoms with E-state index in [1.807, 2.05) is 0 Å². The number of hydrogen-bond donors (Lipinski definition) is 1. The molecule has 0 saturated carbocycles. The number of halogens is 1. The molecular formula is C14H19FN2O. The molecule has 0 atom stereocenters. The lowest BCUT2D eigenvalue weighted by Gasteiger charge is -2.30. The minimum absolute atomic E-state index is 0.0925. The molecule has 3 nitrogen and oxygen atoms in total. The molecule has 1 fully saturated rings. The topological polar surface area (TPSA) is 32.3 Å². The molecule has 1 aliphatic rings. The third-order valence-corrected chi connectivity index (χ3v) is 3.46. The largest absolute Gasteiger partial charge is 0.334 e. The summed E-state index contributed by atoms with van der Waals surface area (Å²) in [5, 5.41) is 2.77. The van der Waals surface area contributed by atoms with Crippen molar-refractivity contribution >= 4 is 6.03 Å². The Hall–Kier alpha value is -1.58. The normalized spacial score (nSPS) is 16.7. The van der Waals surface area contributed by atoms with E-state index >= 15 is 0 Å². The number of carbonyl (C=O) groups is 1. The van der Waals surface area contributed by atoms with E-state index in [0.717, 1.165) is 25.9 Å². The van der Waals surface area contributed by atoms with E-state index in [1.54, 1.807) is 23.1 Å². The third-order valence-electron chi connectivity index (χ3n) is 3.46. The second-order valence-corrected chi connectivity index (χ2v) is 4.92. The molecular weight excluding hydrogens is 231 g/mol. The minimum Gasteiger partial charge on any atom is -0.334 e. The predicted octanol–water partition coefficient (Wildman–Crippen LogP) is 2.77. The van der Waals surface area contributed by atoms with Gasteiger partial charge in [0.25, 0.3) is 0 Å². The van der Waals surface area contributed by atoms with Crippen molar-refractivity contribution in [1.29, 1.82) is 0 Å². The van der Waals surface area contributed by atoms with Crippen molar-refractivity contribution in [2.45, 2.75) is 26.3 Å². The molecule has 1 aromatic carbocycles. The summed E-state index contributed by atoms with van der Waals surface area (Å²) in [6, 6.07) is 6.42. The quantitative estimate of drug-likeness (QED) is 0.860. The van der Waals surface area contributed by atoms with Gasteiger partial charge in [0, 0.05) is 25.2 Å². The molecule has 98 valence electrons. The van der Waals surface area contributed by atoms with Crippen LogP contribution in [-0.4, -0.2) is 24.0 Å². The first-order valence-electron chi connectivity index (χ1n) is 6.43. The summed E-state index contributed by atoms with van der Waals surface area (Å²) in [6.07, 6.45) is 2.10. The number of amides is 2. The van der Waals surface area contributed by atoms with Crippen LogP contribution in [0.25, 0.3) is 0 Å². The van der Waals surface area contributed by atoms with Gasteiger partial charge < -0.3 is 10.2 Å². The molecule has 1 heterocycles. The second-order valence-electron chi connectivity index (χ2n) is 4.92. The Morgan fingerprint density at radius 3 is 2.72 bits per heavy atom. The van der Waals surface area contributed by atoms with Gasteiger partial charge in [0.1, 0.15) is 5.82 Å². The number of rotatable bonds is 2. The van der Waals surface area contributed by atoms with Gasteiger partial charge in [-0.15, -0.1) is 0 Å². The van der Waals surface area contributed by atoms with Gasteiger partial charge in [-0.3, -0.25) is 0 Å². The second kappa shape index (κ2) is 5.85. The first kappa shape index (κ1) is 12.9. The van der Waals surface area contributed by atoms with Crippen LogP contribution in [-0.2, 0) is 6.54 Å². The highest BCUT2D eigenvalue weighted by Crippen LogP contribution is 2.16. The molecule has 1 N–H and O–H groups in total. The summed E-state index contributed by atoms with van der Waals surface area (Å²) < 4.78 is 13.4. The van der Waals surface area contributed by atoms with E-state index < -0.39 is 0 Å². The van der Waals surface area contributed by atoms with Gasteiger partial charge in [-0.25, -0.2) is 9.18 Å². The zero-order valence-corrected chi connectivity index (χ0v) is 10.7. The lowest BCUT2D eigenvalue weighted by Crippen LogP contribution is -2.43. The first-order valence-corrected chi connectivity index (χ1v) is 6.43. The number of hydrogen-bond acceptors (Lipinski definition) is 1. The zero-order chi connectivity index (χ0) is 13.0. The average Bonchev–Trinajstić information content (AvgIpc) is 2.38. The van der Waals surface area contributed by atoms with Crippen molar-refractivity contribution in [3.05, 3.63) is 35.6 Å². The van der Waals surface area contributed by atoms with Crippen LogP contribution in [0.3, 0.4) is 0 Å². The smallest absolute Gasteiger partial charge is 0.317 e. The maximum Gasteiger partial charge on any atom is 0.317 e. The molecule has 1 aliphatic heterocycles. The summed E-state index contributed by atoms with van der Waals surface area (Å²) in [4.78, 5) is 13.7. The van der Waals surface area contributed by atoms with E-state index in [4.69, 9.17) is 0 Å². The maximum absolute atomic E-state index is 13.4. The minimum atomic E-state index is -0.273. The maximum atomic E-state index is 13.4. The van der Waals surface area contributed by atoms with E-state index in [0.29, 0.717) is 11.5 Å². The number of benzene rings is 1. The molecule has 18 heavy (non-hydrogen) atoms. The van der Waals surface area contributed by atoms with Crippen LogP contribution in [0, 0.1) is 11.7 Å². The number of carbonyl (C=O) groups excluding carboxylic acids is 1. The van der Waals surface area contributed by atoms with E-state index in [1.165, 1.54) is 6.07 Å². The highest BCUT2D eigenvalue weighted by Gasteiger charge is 2.19. The van der Waals surface area contributed by atoms with Crippen LogP contribution in [0.4, 0.5) is 9.18 Å². The van der Waals surface area contributed by atoms with E-state index in [-0.39, 0.29) is 18.4 Å². The first-order chi connectivity index (χ1) is 8.66. The SMILES string of the molecule is CC1CCN(C(=O)NCc2ccccc2F)CC1. The van der Waals surface area contributed by atoms with Gasteiger partial charge in [0.05, 0.1) is 0 Å². The molecule has 1 aromatic rings. The molecule has 1 saturated heterocycles. The van der Waals surface area contributed by atoms with Gasteiger partial charge in [-0.2, -0.15) is 0 Å². The van der Waals surface area contributed by atoms with Crippen molar-refractivity contribution in [2.75, 3.05) is 13.1 Å². The van der Waals surface area contributed by atoms with Crippen molar-refractivity contribution in [3.8, 4) is 0 Å². The van der Waals surface area contributed by atoms with Gasteiger partial charge in [0.2, 0.25) is 0 Å². The molecule has 0 radical (unpaired) electrons. The molecule has 0 aromatic heterocycles. The standard InChI is InChI=1S/C14H19FN2O/c1-11-6-8-17(9-7-11)14(18)16-10-12-4-2-3-5-13(12)15/h2-5,11H,6-10H2,1H3,(H,16,18). The van der Waals surface area contributed by atoms with Gasteiger partial charge in [0.15, 0.2) is 0 Å². The summed E-state index contributed by atoms with van der Waals surface area (Å²) >= 11 is 0. The molecule has 2 amide bonds. The van der Waals surface area contributed by atoms with Gasteiger partial charge >= 0.3 is 6.03 Å². The van der Waals surface area contributed by atoms with Gasteiger partial charge in [-0.05, 0) is 24.8 Å². The summed E-state index contributed by atoms with van der Waals surface area (Å²) in [6.45, 7) is 4.04. The Balaban J connectivity index is 1.83. The summed E-state index contributed by atoms with van der Waals surface area (Å²) in [5.41, 5.74) is 0.524. The fourth-order valence-corrected chi connectivity index (χ4v) is 2.14. The average molecular weight is 250 g/mol. The number of piperidine rings is 1. The third kappa shape index (κ3) is 3.22. The summed E-state index contributed by atoms with van der Waals surface area (Å²) in [5.74, 6) is 0.422. The van der Waals surface area contributed by atoms with Crippen LogP contribution < -0.4 is 5.32 Å². The van der Waals surface area contributed by atoms with Crippen molar-refractivity contribution in [1.82, 2.24) is 10.2 Å². The van der Waals surface area contributed by atoms with Crippen molar-refractivity contribution in [3.63, 3.8) is 0 Å². The molecule has 0 spiro atoms. The number of likely N-dealkylation sites (tertiary alicyclic amines) is 1. The summed E-state index contributed by atoms with van der Waals surface area (Å²) in [7, 11) is 0. The van der Waals surface area contributed by atoms with Crippen LogP contribution in [0.2, 0.25) is 0 Å². The van der Waals surface area contributed by atoms with Crippen LogP contribution in [0.15, 0.2) is 24.3 Å². The molecule has 2 rings (SSSR count). The highest BCUT2D eigenvalue weighted by molar-refractivity contribution is 5.74. The van der Waals surface area contributed by atoms with E-state index in [9.17, 15) is 9.18 Å². The van der Waals surface area contributed by atoms with Gasteiger partial charge in [-0.1, -0.05) is 25.1 Å². The fourth-order valence-electron chi connectivity index (χ4n) is 2.14.